The van der Waals surface area contributed by atoms with Crippen LogP contribution >= 0.6 is 0 Å². The molecule has 8 heteroatoms. The van der Waals surface area contributed by atoms with E-state index in [2.05, 4.69) is 20.3 Å². The quantitative estimate of drug-likeness (QED) is 0.768. The van der Waals surface area contributed by atoms with Crippen LogP contribution in [0.4, 0.5) is 8.78 Å². The van der Waals surface area contributed by atoms with Gasteiger partial charge < -0.3 is 14.9 Å². The van der Waals surface area contributed by atoms with Gasteiger partial charge in [-0.25, -0.2) is 18.7 Å². The van der Waals surface area contributed by atoms with Crippen molar-refractivity contribution in [3.05, 3.63) is 47.8 Å². The summed E-state index contributed by atoms with van der Waals surface area (Å²) in [6.07, 6.45) is 4.27. The number of amides is 1. The molecule has 0 aliphatic heterocycles. The minimum Gasteiger partial charge on any atom is -0.349 e. The molecule has 2 N–H and O–H groups in total. The van der Waals surface area contributed by atoms with E-state index in [1.807, 2.05) is 11.6 Å². The molecule has 24 heavy (non-hydrogen) atoms. The summed E-state index contributed by atoms with van der Waals surface area (Å²) in [5, 5.41) is 2.79. The standard InChI is InChI=1S/C16H15F2N5O/c1-23-7-19-5-12(23)8-4-9(8)16(24)20-6-13-21-11-3-2-10(17)14(18)15(11)22-13/h2-3,5,7-9H,4,6H2,1H3,(H,20,24)(H,21,22)/t8-,9-/m1/s1. The Morgan fingerprint density at radius 1 is 1.46 bits per heavy atom. The molecule has 1 aromatic carbocycles. The molecule has 0 radical (unpaired) electrons. The summed E-state index contributed by atoms with van der Waals surface area (Å²) in [5.74, 6) is -1.52. The molecule has 3 aromatic rings. The second-order valence-electron chi connectivity index (χ2n) is 6.04. The SMILES string of the molecule is Cn1cncc1[C@@H]1C[C@H]1C(=O)NCc1nc2c(F)c(F)ccc2[nH]1. The van der Waals surface area contributed by atoms with E-state index in [-0.39, 0.29) is 29.8 Å². The number of H-pyrrole nitrogens is 1. The molecule has 2 atom stereocenters. The van der Waals surface area contributed by atoms with Gasteiger partial charge in [0.25, 0.3) is 0 Å². The number of halogens is 2. The molecule has 4 rings (SSSR count). The van der Waals surface area contributed by atoms with Crippen LogP contribution in [-0.4, -0.2) is 25.4 Å². The lowest BCUT2D eigenvalue weighted by molar-refractivity contribution is -0.122. The fraction of sp³-hybridized carbons (Fsp3) is 0.312. The Balaban J connectivity index is 1.42. The van der Waals surface area contributed by atoms with Crippen LogP contribution in [0.15, 0.2) is 24.7 Å². The highest BCUT2D eigenvalue weighted by atomic mass is 19.2. The van der Waals surface area contributed by atoms with E-state index < -0.39 is 11.6 Å². The minimum atomic E-state index is -0.986. The summed E-state index contributed by atoms with van der Waals surface area (Å²) in [4.78, 5) is 23.2. The third-order valence-electron chi connectivity index (χ3n) is 4.39. The van der Waals surface area contributed by atoms with E-state index in [4.69, 9.17) is 0 Å². The van der Waals surface area contributed by atoms with Gasteiger partial charge in [0.2, 0.25) is 5.91 Å². The van der Waals surface area contributed by atoms with Gasteiger partial charge in [0.15, 0.2) is 11.6 Å². The number of benzene rings is 1. The molecule has 0 bridgehead atoms. The van der Waals surface area contributed by atoms with Crippen LogP contribution in [0.5, 0.6) is 0 Å². The van der Waals surface area contributed by atoms with Crippen molar-refractivity contribution in [2.45, 2.75) is 18.9 Å². The van der Waals surface area contributed by atoms with Crippen molar-refractivity contribution < 1.29 is 13.6 Å². The number of nitrogens with one attached hydrogen (secondary N) is 2. The molecule has 1 aliphatic rings. The van der Waals surface area contributed by atoms with Crippen LogP contribution in [0.2, 0.25) is 0 Å². The van der Waals surface area contributed by atoms with Crippen molar-refractivity contribution in [2.75, 3.05) is 0 Å². The van der Waals surface area contributed by atoms with E-state index in [1.54, 1.807) is 12.5 Å². The first-order valence-corrected chi connectivity index (χ1v) is 7.61. The number of aryl methyl sites for hydroxylation is 1. The summed E-state index contributed by atoms with van der Waals surface area (Å²) in [5.41, 5.74) is 1.38. The van der Waals surface area contributed by atoms with Gasteiger partial charge in [-0.05, 0) is 18.6 Å². The molecule has 1 fully saturated rings. The Morgan fingerprint density at radius 2 is 2.29 bits per heavy atom. The third-order valence-corrected chi connectivity index (χ3v) is 4.39. The van der Waals surface area contributed by atoms with Gasteiger partial charge in [-0.2, -0.15) is 0 Å². The van der Waals surface area contributed by atoms with Gasteiger partial charge in [-0.1, -0.05) is 0 Å². The fourth-order valence-corrected chi connectivity index (χ4v) is 2.99. The van der Waals surface area contributed by atoms with Gasteiger partial charge >= 0.3 is 0 Å². The van der Waals surface area contributed by atoms with Gasteiger partial charge in [0, 0.05) is 30.8 Å². The fourth-order valence-electron chi connectivity index (χ4n) is 2.99. The Kier molecular flexibility index (Phi) is 3.33. The third kappa shape index (κ3) is 2.44. The van der Waals surface area contributed by atoms with Crippen molar-refractivity contribution in [2.24, 2.45) is 13.0 Å². The smallest absolute Gasteiger partial charge is 0.224 e. The summed E-state index contributed by atoms with van der Waals surface area (Å²) < 4.78 is 28.7. The second kappa shape index (κ2) is 5.40. The number of hydrogen-bond acceptors (Lipinski definition) is 3. The lowest BCUT2D eigenvalue weighted by Gasteiger charge is -2.03. The van der Waals surface area contributed by atoms with Crippen LogP contribution in [0.1, 0.15) is 23.9 Å². The van der Waals surface area contributed by atoms with E-state index >= 15 is 0 Å². The normalized spacial score (nSPS) is 19.6. The molecular formula is C16H15F2N5O. The number of aromatic nitrogens is 4. The van der Waals surface area contributed by atoms with Gasteiger partial charge in [0.05, 0.1) is 18.4 Å². The number of rotatable bonds is 4. The molecule has 1 amide bonds. The van der Waals surface area contributed by atoms with Crippen LogP contribution in [0.3, 0.4) is 0 Å². The monoisotopic (exact) mass is 331 g/mol. The molecule has 124 valence electrons. The van der Waals surface area contributed by atoms with Crippen molar-refractivity contribution >= 4 is 16.9 Å². The molecule has 6 nitrogen and oxygen atoms in total. The molecule has 0 unspecified atom stereocenters. The average molecular weight is 331 g/mol. The predicted octanol–water partition coefficient (Wildman–Crippen LogP) is 1.99. The second-order valence-corrected chi connectivity index (χ2v) is 6.04. The molecule has 0 saturated heterocycles. The van der Waals surface area contributed by atoms with E-state index in [9.17, 15) is 13.6 Å². The zero-order chi connectivity index (χ0) is 16.8. The van der Waals surface area contributed by atoms with Gasteiger partial charge in [-0.15, -0.1) is 0 Å². The molecule has 0 spiro atoms. The zero-order valence-electron chi connectivity index (χ0n) is 12.9. The van der Waals surface area contributed by atoms with Crippen LogP contribution in [0, 0.1) is 17.6 Å². The maximum Gasteiger partial charge on any atom is 0.224 e. The highest BCUT2D eigenvalue weighted by molar-refractivity contribution is 5.82. The summed E-state index contributed by atoms with van der Waals surface area (Å²) >= 11 is 0. The van der Waals surface area contributed by atoms with Crippen molar-refractivity contribution in [3.8, 4) is 0 Å². The summed E-state index contributed by atoms with van der Waals surface area (Å²) in [6, 6.07) is 2.46. The van der Waals surface area contributed by atoms with Gasteiger partial charge in [0.1, 0.15) is 11.3 Å². The summed E-state index contributed by atoms with van der Waals surface area (Å²) in [6.45, 7) is 0.142. The first kappa shape index (κ1) is 14.8. The topological polar surface area (TPSA) is 75.6 Å². The van der Waals surface area contributed by atoms with E-state index in [1.165, 1.54) is 6.07 Å². The maximum atomic E-state index is 13.6. The van der Waals surface area contributed by atoms with Gasteiger partial charge in [-0.3, -0.25) is 4.79 Å². The number of carbonyl (C=O) groups excluding carboxylic acids is 1. The Hall–Kier alpha value is -2.77. The number of aromatic amines is 1. The Morgan fingerprint density at radius 3 is 3.04 bits per heavy atom. The van der Waals surface area contributed by atoms with Crippen LogP contribution < -0.4 is 5.32 Å². The molecule has 1 aliphatic carbocycles. The average Bonchev–Trinajstić information content (AvgIpc) is 3.05. The Labute approximate surface area is 135 Å². The minimum absolute atomic E-state index is 0.0570. The number of hydrogen-bond donors (Lipinski definition) is 2. The molecule has 2 aromatic heterocycles. The number of fused-ring (bicyclic) bond motifs is 1. The highest BCUT2D eigenvalue weighted by Gasteiger charge is 2.45. The zero-order valence-corrected chi connectivity index (χ0v) is 12.9. The van der Waals surface area contributed by atoms with Crippen molar-refractivity contribution in [3.63, 3.8) is 0 Å². The molecule has 2 heterocycles. The lowest BCUT2D eigenvalue weighted by atomic mass is 10.2. The van der Waals surface area contributed by atoms with E-state index in [0.717, 1.165) is 18.2 Å². The van der Waals surface area contributed by atoms with E-state index in [0.29, 0.717) is 11.3 Å². The molecule has 1 saturated carbocycles. The van der Waals surface area contributed by atoms with Crippen LogP contribution in [0.25, 0.3) is 11.0 Å². The Bertz CT molecular complexity index is 932. The van der Waals surface area contributed by atoms with Crippen molar-refractivity contribution in [1.82, 2.24) is 24.8 Å². The first-order valence-electron chi connectivity index (χ1n) is 7.61. The van der Waals surface area contributed by atoms with Crippen LogP contribution in [-0.2, 0) is 18.4 Å². The largest absolute Gasteiger partial charge is 0.349 e. The number of nitrogens with zero attached hydrogens (tertiary/aromatic N) is 3. The highest BCUT2D eigenvalue weighted by Crippen LogP contribution is 2.47. The number of carbonyl (C=O) groups is 1. The summed E-state index contributed by atoms with van der Waals surface area (Å²) in [7, 11) is 1.90. The van der Waals surface area contributed by atoms with Crippen molar-refractivity contribution in [1.29, 1.82) is 0 Å². The number of imidazole rings is 2. The first-order chi connectivity index (χ1) is 11.5. The lowest BCUT2D eigenvalue weighted by Crippen LogP contribution is -2.25. The molecular weight excluding hydrogens is 316 g/mol. The predicted molar refractivity (Wildman–Crippen MR) is 81.9 cm³/mol. The maximum absolute atomic E-state index is 13.6.